The lowest BCUT2D eigenvalue weighted by Gasteiger charge is -2.21. The number of hydrogen-bond donors (Lipinski definition) is 2. The van der Waals surface area contributed by atoms with Gasteiger partial charge in [-0.1, -0.05) is 18.2 Å². The summed E-state index contributed by atoms with van der Waals surface area (Å²) in [6.45, 7) is 4.33. The molecule has 0 radical (unpaired) electrons. The second-order valence-electron chi connectivity index (χ2n) is 5.70. The first kappa shape index (κ1) is 19.0. The minimum atomic E-state index is -0.0780. The zero-order valence-corrected chi connectivity index (χ0v) is 15.9. The fraction of sp³-hybridized carbons (Fsp3) is 0.368. The van der Waals surface area contributed by atoms with Crippen LogP contribution in [0.15, 0.2) is 46.8 Å². The fourth-order valence-electron chi connectivity index (χ4n) is 2.43. The molecular formula is C19H26N4OS. The topological polar surface area (TPSA) is 56.7 Å². The number of rotatable bonds is 7. The Morgan fingerprint density at radius 1 is 1.28 bits per heavy atom. The number of hydrogen-bond acceptors (Lipinski definition) is 3. The molecule has 0 bridgehead atoms. The Hall–Kier alpha value is -2.34. The lowest BCUT2D eigenvalue weighted by molar-refractivity contribution is 0.0963. The Morgan fingerprint density at radius 2 is 2.12 bits per heavy atom. The summed E-state index contributed by atoms with van der Waals surface area (Å²) in [5.74, 6) is 0.801. The third kappa shape index (κ3) is 5.90. The number of nitrogens with one attached hydrogen (secondary N) is 2. The van der Waals surface area contributed by atoms with Crippen LogP contribution < -0.4 is 10.6 Å². The van der Waals surface area contributed by atoms with E-state index < -0.39 is 0 Å². The number of carbonyl (C=O) groups is 1. The first-order valence-electron chi connectivity index (χ1n) is 8.47. The summed E-state index contributed by atoms with van der Waals surface area (Å²) >= 11 is 1.78. The maximum atomic E-state index is 11.7. The molecule has 2 rings (SSSR count). The highest BCUT2D eigenvalue weighted by Crippen LogP contribution is 2.10. The quantitative estimate of drug-likeness (QED) is 0.591. The molecule has 6 heteroatoms. The molecule has 1 heterocycles. The molecule has 1 aromatic heterocycles. The number of likely N-dealkylation sites (N-methyl/N-ethyl adjacent to an activating group) is 1. The number of aliphatic imine (C=N–C) groups is 1. The third-order valence-electron chi connectivity index (χ3n) is 3.80. The van der Waals surface area contributed by atoms with Crippen molar-refractivity contribution >= 4 is 23.2 Å². The van der Waals surface area contributed by atoms with Gasteiger partial charge in [-0.25, -0.2) is 4.99 Å². The van der Waals surface area contributed by atoms with E-state index in [0.29, 0.717) is 12.1 Å². The maximum absolute atomic E-state index is 11.7. The van der Waals surface area contributed by atoms with Gasteiger partial charge in [0.05, 0.1) is 6.54 Å². The van der Waals surface area contributed by atoms with Crippen molar-refractivity contribution in [1.82, 2.24) is 15.5 Å². The van der Waals surface area contributed by atoms with Gasteiger partial charge in [-0.05, 0) is 42.5 Å². The summed E-state index contributed by atoms with van der Waals surface area (Å²) in [6.07, 6.45) is 1.00. The van der Waals surface area contributed by atoms with Crippen LogP contribution >= 0.6 is 11.3 Å². The number of amides is 1. The Balaban J connectivity index is 2.01. The predicted octanol–water partition coefficient (Wildman–Crippen LogP) is 2.75. The lowest BCUT2D eigenvalue weighted by atomic mass is 10.1. The summed E-state index contributed by atoms with van der Waals surface area (Å²) in [6, 6.07) is 11.8. The van der Waals surface area contributed by atoms with Gasteiger partial charge in [0, 0.05) is 37.6 Å². The van der Waals surface area contributed by atoms with Gasteiger partial charge >= 0.3 is 0 Å². The van der Waals surface area contributed by atoms with Crippen molar-refractivity contribution in [2.45, 2.75) is 19.9 Å². The van der Waals surface area contributed by atoms with E-state index in [4.69, 9.17) is 4.99 Å². The molecule has 0 fully saturated rings. The zero-order chi connectivity index (χ0) is 18.1. The molecule has 0 aliphatic rings. The van der Waals surface area contributed by atoms with Crippen LogP contribution in [0.2, 0.25) is 0 Å². The maximum Gasteiger partial charge on any atom is 0.251 e. The van der Waals surface area contributed by atoms with Gasteiger partial charge in [-0.3, -0.25) is 4.79 Å². The van der Waals surface area contributed by atoms with Gasteiger partial charge in [0.25, 0.3) is 5.91 Å². The summed E-state index contributed by atoms with van der Waals surface area (Å²) in [5.41, 5.74) is 1.68. The number of nitrogens with zero attached hydrogens (tertiary/aromatic N) is 2. The SMILES string of the molecule is CCNC(=NCc1cccc(C(=O)NC)c1)N(C)CCc1cccs1. The highest BCUT2D eigenvalue weighted by atomic mass is 32.1. The standard InChI is InChI=1S/C19H26N4OS/c1-4-21-19(23(3)11-10-17-9-6-12-25-17)22-14-15-7-5-8-16(13-15)18(24)20-2/h5-9,12-13H,4,10-11,14H2,1-3H3,(H,20,24)(H,21,22). The van der Waals surface area contributed by atoms with E-state index in [1.165, 1.54) is 4.88 Å². The van der Waals surface area contributed by atoms with Crippen LogP contribution in [0.1, 0.15) is 27.7 Å². The Kier molecular flexibility index (Phi) is 7.47. The summed E-state index contributed by atoms with van der Waals surface area (Å²) < 4.78 is 0. The van der Waals surface area contributed by atoms with Crippen LogP contribution in [-0.4, -0.2) is 44.0 Å². The van der Waals surface area contributed by atoms with E-state index in [0.717, 1.165) is 31.0 Å². The number of guanidine groups is 1. The van der Waals surface area contributed by atoms with Gasteiger partial charge in [0.15, 0.2) is 5.96 Å². The van der Waals surface area contributed by atoms with Crippen molar-refractivity contribution < 1.29 is 4.79 Å². The predicted molar refractivity (Wildman–Crippen MR) is 105 cm³/mol. The van der Waals surface area contributed by atoms with Crippen LogP contribution in [0.4, 0.5) is 0 Å². The third-order valence-corrected chi connectivity index (χ3v) is 4.73. The average molecular weight is 359 g/mol. The molecule has 25 heavy (non-hydrogen) atoms. The second-order valence-corrected chi connectivity index (χ2v) is 6.73. The first-order valence-corrected chi connectivity index (χ1v) is 9.34. The first-order chi connectivity index (χ1) is 12.1. The van der Waals surface area contributed by atoms with E-state index in [1.807, 2.05) is 24.3 Å². The molecule has 0 aliphatic carbocycles. The minimum Gasteiger partial charge on any atom is -0.357 e. The van der Waals surface area contributed by atoms with Crippen LogP contribution in [0.5, 0.6) is 0 Å². The smallest absolute Gasteiger partial charge is 0.251 e. The Bertz CT molecular complexity index is 697. The molecule has 2 N–H and O–H groups in total. The molecular weight excluding hydrogens is 332 g/mol. The molecule has 134 valence electrons. The molecule has 1 aromatic carbocycles. The van der Waals surface area contributed by atoms with Crippen molar-refractivity contribution in [2.24, 2.45) is 4.99 Å². The highest BCUT2D eigenvalue weighted by Gasteiger charge is 2.07. The van der Waals surface area contributed by atoms with E-state index in [-0.39, 0.29) is 5.91 Å². The van der Waals surface area contributed by atoms with Gasteiger partial charge in [0.1, 0.15) is 0 Å². The average Bonchev–Trinajstić information content (AvgIpc) is 3.16. The largest absolute Gasteiger partial charge is 0.357 e. The molecule has 2 aromatic rings. The number of benzene rings is 1. The van der Waals surface area contributed by atoms with Gasteiger partial charge in [0.2, 0.25) is 0 Å². The molecule has 0 atom stereocenters. The van der Waals surface area contributed by atoms with Crippen LogP contribution in [-0.2, 0) is 13.0 Å². The van der Waals surface area contributed by atoms with Gasteiger partial charge in [-0.15, -0.1) is 11.3 Å². The van der Waals surface area contributed by atoms with Crippen molar-refractivity contribution in [3.05, 3.63) is 57.8 Å². The molecule has 1 amide bonds. The normalized spacial score (nSPS) is 11.2. The number of carbonyl (C=O) groups excluding carboxylic acids is 1. The van der Waals surface area contributed by atoms with Gasteiger partial charge < -0.3 is 15.5 Å². The van der Waals surface area contributed by atoms with Crippen molar-refractivity contribution in [3.63, 3.8) is 0 Å². The fourth-order valence-corrected chi connectivity index (χ4v) is 3.13. The zero-order valence-electron chi connectivity index (χ0n) is 15.1. The van der Waals surface area contributed by atoms with Crippen LogP contribution in [0.25, 0.3) is 0 Å². The molecule has 5 nitrogen and oxygen atoms in total. The van der Waals surface area contributed by atoms with Crippen LogP contribution in [0.3, 0.4) is 0 Å². The van der Waals surface area contributed by atoms with E-state index >= 15 is 0 Å². The lowest BCUT2D eigenvalue weighted by Crippen LogP contribution is -2.39. The second kappa shape index (κ2) is 9.84. The Labute approximate surface area is 153 Å². The summed E-state index contributed by atoms with van der Waals surface area (Å²) in [5, 5.41) is 8.08. The molecule has 0 unspecified atom stereocenters. The van der Waals surface area contributed by atoms with Crippen molar-refractivity contribution in [1.29, 1.82) is 0 Å². The summed E-state index contributed by atoms with van der Waals surface area (Å²) in [4.78, 5) is 20.0. The van der Waals surface area contributed by atoms with Gasteiger partial charge in [-0.2, -0.15) is 0 Å². The Morgan fingerprint density at radius 3 is 2.80 bits per heavy atom. The van der Waals surface area contributed by atoms with E-state index in [2.05, 4.69) is 47.0 Å². The molecule has 0 saturated heterocycles. The monoisotopic (exact) mass is 358 g/mol. The molecule has 0 aliphatic heterocycles. The van der Waals surface area contributed by atoms with Crippen molar-refractivity contribution in [2.75, 3.05) is 27.2 Å². The summed E-state index contributed by atoms with van der Waals surface area (Å²) in [7, 11) is 3.69. The van der Waals surface area contributed by atoms with Crippen molar-refractivity contribution in [3.8, 4) is 0 Å². The molecule has 0 saturated carbocycles. The van der Waals surface area contributed by atoms with E-state index in [1.54, 1.807) is 18.4 Å². The van der Waals surface area contributed by atoms with E-state index in [9.17, 15) is 4.79 Å². The highest BCUT2D eigenvalue weighted by molar-refractivity contribution is 7.09. The minimum absolute atomic E-state index is 0.0780. The molecule has 0 spiro atoms. The number of thiophene rings is 1. The van der Waals surface area contributed by atoms with Crippen LogP contribution in [0, 0.1) is 0 Å².